The summed E-state index contributed by atoms with van der Waals surface area (Å²) in [4.78, 5) is 0. The molecule has 0 heterocycles. The van der Waals surface area contributed by atoms with Gasteiger partial charge in [-0.25, -0.2) is 4.21 Å². The van der Waals surface area contributed by atoms with Crippen molar-refractivity contribution >= 4 is 11.0 Å². The molecule has 0 spiro atoms. The summed E-state index contributed by atoms with van der Waals surface area (Å²) >= 11 is 0. The Labute approximate surface area is 71.1 Å². The van der Waals surface area contributed by atoms with Gasteiger partial charge in [0.2, 0.25) is 0 Å². The molecule has 0 aromatic heterocycles. The fourth-order valence-corrected chi connectivity index (χ4v) is 2.16. The molecular weight excluding hydrogens is 158 g/mol. The van der Waals surface area contributed by atoms with Crippen LogP contribution in [0.5, 0.6) is 0 Å². The fourth-order valence-electron chi connectivity index (χ4n) is 1.43. The number of hydrogen-bond donors (Lipinski definition) is 1. The average molecular weight is 175 g/mol. The van der Waals surface area contributed by atoms with E-state index in [1.807, 2.05) is 0 Å². The Balaban J connectivity index is 2.27. The molecule has 0 saturated heterocycles. The van der Waals surface area contributed by atoms with Crippen molar-refractivity contribution in [2.45, 2.75) is 33.1 Å². The first kappa shape index (κ1) is 9.20. The molecule has 1 atom stereocenters. The molecule has 3 heteroatoms. The van der Waals surface area contributed by atoms with E-state index in [0.717, 1.165) is 12.3 Å². The summed E-state index contributed by atoms with van der Waals surface area (Å²) in [5.41, 5.74) is 0.370. The van der Waals surface area contributed by atoms with Gasteiger partial charge >= 0.3 is 0 Å². The highest BCUT2D eigenvalue weighted by Crippen LogP contribution is 2.47. The summed E-state index contributed by atoms with van der Waals surface area (Å²) in [7, 11) is -1.10. The summed E-state index contributed by atoms with van der Waals surface area (Å²) in [6, 6.07) is 0. The molecule has 0 amide bonds. The SMILES string of the molecule is CC(C)(CCS(N)=O)C1CC1. The molecule has 66 valence electrons. The van der Waals surface area contributed by atoms with Gasteiger partial charge in [-0.1, -0.05) is 13.8 Å². The van der Waals surface area contributed by atoms with E-state index in [4.69, 9.17) is 5.14 Å². The maximum atomic E-state index is 10.6. The Morgan fingerprint density at radius 3 is 2.45 bits per heavy atom. The van der Waals surface area contributed by atoms with Crippen molar-refractivity contribution < 1.29 is 4.21 Å². The van der Waals surface area contributed by atoms with Crippen LogP contribution in [0.1, 0.15) is 33.1 Å². The molecule has 1 fully saturated rings. The lowest BCUT2D eigenvalue weighted by molar-refractivity contribution is 0.299. The summed E-state index contributed by atoms with van der Waals surface area (Å²) in [6.07, 6.45) is 3.70. The normalized spacial score (nSPS) is 21.7. The van der Waals surface area contributed by atoms with Crippen molar-refractivity contribution in [2.24, 2.45) is 16.5 Å². The molecule has 0 aliphatic heterocycles. The van der Waals surface area contributed by atoms with Gasteiger partial charge in [0.15, 0.2) is 0 Å². The maximum Gasteiger partial charge on any atom is 0.0888 e. The zero-order chi connectivity index (χ0) is 8.48. The zero-order valence-electron chi connectivity index (χ0n) is 7.30. The van der Waals surface area contributed by atoms with Crippen molar-refractivity contribution in [3.05, 3.63) is 0 Å². The molecule has 1 unspecified atom stereocenters. The Hall–Kier alpha value is 0.110. The molecule has 0 radical (unpaired) electrons. The van der Waals surface area contributed by atoms with Gasteiger partial charge < -0.3 is 0 Å². The maximum absolute atomic E-state index is 10.6. The second-order valence-electron chi connectivity index (χ2n) is 4.10. The van der Waals surface area contributed by atoms with Gasteiger partial charge in [-0.05, 0) is 30.6 Å². The zero-order valence-corrected chi connectivity index (χ0v) is 8.12. The highest BCUT2D eigenvalue weighted by Gasteiger charge is 2.37. The highest BCUT2D eigenvalue weighted by molar-refractivity contribution is 7.82. The molecule has 1 aliphatic carbocycles. The van der Waals surface area contributed by atoms with Gasteiger partial charge in [-0.3, -0.25) is 5.14 Å². The first-order valence-electron chi connectivity index (χ1n) is 4.15. The number of rotatable bonds is 4. The van der Waals surface area contributed by atoms with Gasteiger partial charge in [0, 0.05) is 5.75 Å². The van der Waals surface area contributed by atoms with Crippen molar-refractivity contribution in [3.8, 4) is 0 Å². The third-order valence-corrected chi connectivity index (χ3v) is 3.24. The highest BCUT2D eigenvalue weighted by atomic mass is 32.2. The van der Waals surface area contributed by atoms with Crippen LogP contribution in [0.4, 0.5) is 0 Å². The summed E-state index contributed by atoms with van der Waals surface area (Å²) in [5, 5.41) is 5.19. The minimum Gasteiger partial charge on any atom is -0.252 e. The lowest BCUT2D eigenvalue weighted by Gasteiger charge is -2.23. The molecule has 0 bridgehead atoms. The van der Waals surface area contributed by atoms with Gasteiger partial charge in [0.25, 0.3) is 0 Å². The van der Waals surface area contributed by atoms with Crippen LogP contribution in [0, 0.1) is 11.3 Å². The van der Waals surface area contributed by atoms with E-state index in [-0.39, 0.29) is 0 Å². The van der Waals surface area contributed by atoms with Crippen molar-refractivity contribution in [1.82, 2.24) is 0 Å². The van der Waals surface area contributed by atoms with E-state index in [0.29, 0.717) is 11.2 Å². The van der Waals surface area contributed by atoms with Crippen LogP contribution in [0.2, 0.25) is 0 Å². The van der Waals surface area contributed by atoms with Crippen LogP contribution in [-0.4, -0.2) is 9.96 Å². The second-order valence-corrected chi connectivity index (χ2v) is 5.27. The molecule has 1 rings (SSSR count). The van der Waals surface area contributed by atoms with Gasteiger partial charge in [-0.2, -0.15) is 0 Å². The molecule has 0 aromatic rings. The molecule has 1 aliphatic rings. The van der Waals surface area contributed by atoms with E-state index in [9.17, 15) is 4.21 Å². The fraction of sp³-hybridized carbons (Fsp3) is 1.00. The minimum atomic E-state index is -1.10. The topological polar surface area (TPSA) is 43.1 Å². The van der Waals surface area contributed by atoms with Gasteiger partial charge in [-0.15, -0.1) is 0 Å². The van der Waals surface area contributed by atoms with Crippen molar-refractivity contribution in [1.29, 1.82) is 0 Å². The molecule has 0 aromatic carbocycles. The summed E-state index contributed by atoms with van der Waals surface area (Å²) < 4.78 is 10.6. The predicted molar refractivity (Wildman–Crippen MR) is 48.3 cm³/mol. The van der Waals surface area contributed by atoms with Crippen LogP contribution in [-0.2, 0) is 11.0 Å². The largest absolute Gasteiger partial charge is 0.252 e. The Bertz CT molecular complexity index is 163. The molecule has 1 saturated carbocycles. The van der Waals surface area contributed by atoms with E-state index in [1.165, 1.54) is 12.8 Å². The summed E-state index contributed by atoms with van der Waals surface area (Å²) in [6.45, 7) is 4.50. The lowest BCUT2D eigenvalue weighted by atomic mass is 9.85. The predicted octanol–water partition coefficient (Wildman–Crippen LogP) is 1.44. The van der Waals surface area contributed by atoms with Crippen LogP contribution in [0.25, 0.3) is 0 Å². The van der Waals surface area contributed by atoms with E-state index < -0.39 is 11.0 Å². The average Bonchev–Trinajstić information content (AvgIpc) is 2.64. The monoisotopic (exact) mass is 175 g/mol. The Kier molecular flexibility index (Phi) is 2.70. The first-order valence-corrected chi connectivity index (χ1v) is 5.53. The van der Waals surface area contributed by atoms with Crippen LogP contribution < -0.4 is 5.14 Å². The van der Waals surface area contributed by atoms with Crippen LogP contribution in [0.15, 0.2) is 0 Å². The standard InChI is InChI=1S/C8H17NOS/c1-8(2,7-3-4-7)5-6-11(9)10/h7H,3-6,9H2,1-2H3. The van der Waals surface area contributed by atoms with Gasteiger partial charge in [0.1, 0.15) is 0 Å². The first-order chi connectivity index (χ1) is 5.02. The van der Waals surface area contributed by atoms with Crippen molar-refractivity contribution in [3.63, 3.8) is 0 Å². The van der Waals surface area contributed by atoms with E-state index in [2.05, 4.69) is 13.8 Å². The summed E-state index contributed by atoms with van der Waals surface area (Å²) in [5.74, 6) is 1.52. The van der Waals surface area contributed by atoms with Crippen LogP contribution in [0.3, 0.4) is 0 Å². The number of hydrogen-bond acceptors (Lipinski definition) is 1. The third kappa shape index (κ3) is 2.91. The molecule has 2 N–H and O–H groups in total. The van der Waals surface area contributed by atoms with Crippen molar-refractivity contribution in [2.75, 3.05) is 5.75 Å². The molecule has 2 nitrogen and oxygen atoms in total. The van der Waals surface area contributed by atoms with E-state index >= 15 is 0 Å². The third-order valence-electron chi connectivity index (χ3n) is 2.63. The molecular formula is C8H17NOS. The lowest BCUT2D eigenvalue weighted by Crippen LogP contribution is -2.19. The quantitative estimate of drug-likeness (QED) is 0.690. The number of nitrogens with two attached hydrogens (primary N) is 1. The second kappa shape index (κ2) is 3.23. The Morgan fingerprint density at radius 1 is 1.55 bits per heavy atom. The Morgan fingerprint density at radius 2 is 2.09 bits per heavy atom. The van der Waals surface area contributed by atoms with Gasteiger partial charge in [0.05, 0.1) is 11.0 Å². The minimum absolute atomic E-state index is 0.370. The van der Waals surface area contributed by atoms with E-state index in [1.54, 1.807) is 0 Å². The smallest absolute Gasteiger partial charge is 0.0888 e. The molecule has 11 heavy (non-hydrogen) atoms. The van der Waals surface area contributed by atoms with Crippen LogP contribution >= 0.6 is 0 Å².